The van der Waals surface area contributed by atoms with Crippen molar-refractivity contribution in [2.24, 2.45) is 75.4 Å². The van der Waals surface area contributed by atoms with Crippen LogP contribution in [0, 0.1) is 75.4 Å². The number of hydrogen-bond donors (Lipinski definition) is 0. The third kappa shape index (κ3) is 15.3. The van der Waals surface area contributed by atoms with Gasteiger partial charge in [-0.15, -0.1) is 0 Å². The van der Waals surface area contributed by atoms with Gasteiger partial charge in [0.05, 0.1) is 116 Å². The molecule has 0 amide bonds. The van der Waals surface area contributed by atoms with Gasteiger partial charge in [-0.1, -0.05) is 41.5 Å². The average molecular weight is 1080 g/mol. The molecule has 440 valence electrons. The Bertz CT molecular complexity index is 1720. The number of hydrogen-bond acceptors (Lipinski definition) is 12. The molecule has 6 saturated heterocycles. The molecule has 14 unspecified atom stereocenters. The molecule has 0 spiro atoms. The van der Waals surface area contributed by atoms with Gasteiger partial charge in [0.15, 0.2) is 0 Å². The molecule has 0 aromatic heterocycles. The van der Waals surface area contributed by atoms with E-state index in [0.29, 0.717) is 84.0 Å². The Morgan fingerprint density at radius 1 is 0.286 bits per heavy atom. The predicted octanol–water partition coefficient (Wildman–Crippen LogP) is 11.6. The van der Waals surface area contributed by atoms with Crippen LogP contribution in [0.4, 0.5) is 0 Å². The van der Waals surface area contributed by atoms with E-state index >= 15 is 0 Å². The van der Waals surface area contributed by atoms with Gasteiger partial charge < -0.3 is 56.8 Å². The van der Waals surface area contributed by atoms with Gasteiger partial charge in [0.25, 0.3) is 0 Å². The molecule has 12 nitrogen and oxygen atoms in total. The van der Waals surface area contributed by atoms with Crippen LogP contribution in [0.3, 0.4) is 0 Å². The molecule has 6 aliphatic carbocycles. The predicted molar refractivity (Wildman–Crippen MR) is 295 cm³/mol. The standard InChI is InChI=1S/C65H108O12/c1-63(2,45-7-15-51(16-8-45)66-29-54-32-69-54)48-13-21-60(75-38-57-35-72-57)41(25-48)23-43-27-50(65(5,6)47-11-19-53(20-12-47)68-31-56-34-71-56)28-44(62(43)77-40-59-37-74-59)24-42-26-49(14-22-61(42)76-39-58-36-73-58)64(3,4)46-9-17-52(18-10-46)67-30-55-33-70-55/h41-62H,7-40H2,1-6H3. The molecule has 0 radical (unpaired) electrons. The lowest BCUT2D eigenvalue weighted by molar-refractivity contribution is -0.127. The maximum atomic E-state index is 7.54. The van der Waals surface area contributed by atoms with Crippen LogP contribution < -0.4 is 0 Å². The van der Waals surface area contributed by atoms with E-state index in [1.54, 1.807) is 0 Å². The van der Waals surface area contributed by atoms with Crippen molar-refractivity contribution in [3.05, 3.63) is 0 Å². The fourth-order valence-electron chi connectivity index (χ4n) is 17.7. The second-order valence-corrected chi connectivity index (χ2v) is 29.9. The van der Waals surface area contributed by atoms with Gasteiger partial charge in [-0.2, -0.15) is 0 Å². The van der Waals surface area contributed by atoms with Crippen molar-refractivity contribution in [1.82, 2.24) is 0 Å². The molecular formula is C65H108O12. The van der Waals surface area contributed by atoms with Crippen molar-refractivity contribution in [2.75, 3.05) is 79.3 Å². The summed E-state index contributed by atoms with van der Waals surface area (Å²) >= 11 is 0. The number of ether oxygens (including phenoxy) is 12. The van der Waals surface area contributed by atoms with Gasteiger partial charge in [0.1, 0.15) is 36.6 Å². The fourth-order valence-corrected chi connectivity index (χ4v) is 17.7. The summed E-state index contributed by atoms with van der Waals surface area (Å²) in [6.45, 7) is 25.6. The summed E-state index contributed by atoms with van der Waals surface area (Å²) in [5, 5.41) is 0. The molecular weight excluding hydrogens is 973 g/mol. The normalized spacial score (nSPS) is 45.1. The zero-order chi connectivity index (χ0) is 52.7. The average Bonchev–Trinajstić information content (AvgIpc) is 4.23. The third-order valence-corrected chi connectivity index (χ3v) is 23.9. The van der Waals surface area contributed by atoms with Gasteiger partial charge in [-0.05, 0) is 217 Å². The quantitative estimate of drug-likeness (QED) is 0.0691. The first-order valence-corrected chi connectivity index (χ1v) is 32.7. The first-order chi connectivity index (χ1) is 37.3. The van der Waals surface area contributed by atoms with E-state index in [0.717, 1.165) is 104 Å². The summed E-state index contributed by atoms with van der Waals surface area (Å²) in [5.41, 5.74) is 0.747. The maximum absolute atomic E-state index is 7.54. The van der Waals surface area contributed by atoms with Crippen LogP contribution in [0.2, 0.25) is 0 Å². The Hall–Kier alpha value is -0.480. The van der Waals surface area contributed by atoms with Gasteiger partial charge in [0, 0.05) is 0 Å². The number of epoxide rings is 6. The van der Waals surface area contributed by atoms with Crippen molar-refractivity contribution in [3.8, 4) is 0 Å². The maximum Gasteiger partial charge on any atom is 0.104 e. The van der Waals surface area contributed by atoms with Crippen molar-refractivity contribution in [3.63, 3.8) is 0 Å². The van der Waals surface area contributed by atoms with Crippen molar-refractivity contribution in [1.29, 1.82) is 0 Å². The first-order valence-electron chi connectivity index (χ1n) is 32.7. The zero-order valence-electron chi connectivity index (χ0n) is 49.1. The molecule has 0 bridgehead atoms. The minimum absolute atomic E-state index is 0.203. The fraction of sp³-hybridized carbons (Fsp3) is 1.00. The van der Waals surface area contributed by atoms with E-state index in [4.69, 9.17) is 56.8 Å². The summed E-state index contributed by atoms with van der Waals surface area (Å²) in [6, 6.07) is 0. The van der Waals surface area contributed by atoms with Gasteiger partial charge >= 0.3 is 0 Å². The lowest BCUT2D eigenvalue weighted by Gasteiger charge is -2.54. The summed E-state index contributed by atoms with van der Waals surface area (Å²) in [4.78, 5) is 0. The highest BCUT2D eigenvalue weighted by Crippen LogP contribution is 2.58. The number of rotatable bonds is 28. The van der Waals surface area contributed by atoms with Crippen LogP contribution in [0.1, 0.15) is 183 Å². The van der Waals surface area contributed by atoms with Gasteiger partial charge in [-0.3, -0.25) is 0 Å². The van der Waals surface area contributed by atoms with Gasteiger partial charge in [0.2, 0.25) is 0 Å². The van der Waals surface area contributed by atoms with Crippen LogP contribution in [-0.4, -0.2) is 153 Å². The lowest BCUT2D eigenvalue weighted by atomic mass is 9.54. The molecule has 6 aliphatic heterocycles. The summed E-state index contributed by atoms with van der Waals surface area (Å²) < 4.78 is 75.0. The monoisotopic (exact) mass is 1080 g/mol. The second kappa shape index (κ2) is 25.0. The highest BCUT2D eigenvalue weighted by atomic mass is 16.6. The Morgan fingerprint density at radius 3 is 0.857 bits per heavy atom. The van der Waals surface area contributed by atoms with E-state index < -0.39 is 0 Å². The smallest absolute Gasteiger partial charge is 0.104 e. The third-order valence-electron chi connectivity index (χ3n) is 23.9. The Kier molecular flexibility index (Phi) is 18.5. The molecule has 12 aliphatic rings. The van der Waals surface area contributed by atoms with E-state index in [1.807, 2.05) is 0 Å². The first kappa shape index (κ1) is 57.0. The summed E-state index contributed by atoms with van der Waals surface area (Å²) in [5.74, 6) is 6.06. The van der Waals surface area contributed by atoms with E-state index in [9.17, 15) is 0 Å². The SMILES string of the molecule is CC(C)(C1CCC(OCC2CO2)CC1)C1CCC(OCC2CO2)C(CC2CC(C(C)(C)C3CCC(OCC4CO4)CC3)CC(CC3CC(C(C)(C)C4CCC(OCC5CO5)CC4)CCC3OCC3CO3)C2OCC2CO2)C1. The minimum Gasteiger partial charge on any atom is -0.375 e. The van der Waals surface area contributed by atoms with Crippen molar-refractivity contribution < 1.29 is 56.8 Å². The molecule has 0 aromatic carbocycles. The van der Waals surface area contributed by atoms with Crippen molar-refractivity contribution >= 4 is 0 Å². The molecule has 6 heterocycles. The van der Waals surface area contributed by atoms with Crippen LogP contribution in [0.15, 0.2) is 0 Å². The molecule has 77 heavy (non-hydrogen) atoms. The van der Waals surface area contributed by atoms with Crippen molar-refractivity contribution in [2.45, 2.75) is 256 Å². The molecule has 0 N–H and O–H groups in total. The largest absolute Gasteiger partial charge is 0.375 e. The van der Waals surface area contributed by atoms with Crippen LogP contribution in [-0.2, 0) is 56.8 Å². The second-order valence-electron chi connectivity index (χ2n) is 29.9. The molecule has 0 aromatic rings. The molecule has 12 fully saturated rings. The van der Waals surface area contributed by atoms with E-state index in [1.165, 1.54) is 128 Å². The molecule has 6 saturated carbocycles. The van der Waals surface area contributed by atoms with E-state index in [2.05, 4.69) is 41.5 Å². The van der Waals surface area contributed by atoms with Crippen LogP contribution in [0.5, 0.6) is 0 Å². The topological polar surface area (TPSA) is 131 Å². The Morgan fingerprint density at radius 2 is 0.545 bits per heavy atom. The highest BCUT2D eigenvalue weighted by molar-refractivity contribution is 5.02. The zero-order valence-corrected chi connectivity index (χ0v) is 49.1. The highest BCUT2D eigenvalue weighted by Gasteiger charge is 2.53. The molecule has 12 heteroatoms. The Labute approximate surface area is 465 Å². The van der Waals surface area contributed by atoms with Crippen LogP contribution >= 0.6 is 0 Å². The lowest BCUT2D eigenvalue weighted by Crippen LogP contribution is -2.49. The minimum atomic E-state index is 0.203. The Balaban J connectivity index is 0.795. The van der Waals surface area contributed by atoms with E-state index in [-0.39, 0.29) is 52.9 Å². The molecule has 14 atom stereocenters. The van der Waals surface area contributed by atoms with Gasteiger partial charge in [-0.25, -0.2) is 0 Å². The molecule has 12 rings (SSSR count). The van der Waals surface area contributed by atoms with Crippen LogP contribution in [0.25, 0.3) is 0 Å². The summed E-state index contributed by atoms with van der Waals surface area (Å²) in [6.07, 6.45) is 30.6. The summed E-state index contributed by atoms with van der Waals surface area (Å²) in [7, 11) is 0.